The summed E-state index contributed by atoms with van der Waals surface area (Å²) in [5.74, 6) is -0.769. The van der Waals surface area contributed by atoms with Gasteiger partial charge in [0, 0.05) is 0 Å². The van der Waals surface area contributed by atoms with Crippen LogP contribution in [0.3, 0.4) is 0 Å². The summed E-state index contributed by atoms with van der Waals surface area (Å²) < 4.78 is 6.43. The fourth-order valence-electron chi connectivity index (χ4n) is 1.80. The first-order chi connectivity index (χ1) is 8.63. The van der Waals surface area contributed by atoms with Crippen LogP contribution in [-0.4, -0.2) is 28.0 Å². The number of ether oxygens (including phenoxy) is 1. The molecule has 0 radical (unpaired) electrons. The van der Waals surface area contributed by atoms with Crippen LogP contribution in [0, 0.1) is 6.92 Å². The Hall–Kier alpha value is -2.30. The van der Waals surface area contributed by atoms with Crippen molar-refractivity contribution in [3.8, 4) is 5.75 Å². The van der Waals surface area contributed by atoms with E-state index in [0.717, 1.165) is 11.1 Å². The Morgan fingerprint density at radius 3 is 2.78 bits per heavy atom. The van der Waals surface area contributed by atoms with E-state index in [2.05, 4.69) is 5.10 Å². The molecule has 1 N–H and O–H groups in total. The molecule has 1 aromatic carbocycles. The van der Waals surface area contributed by atoms with Crippen LogP contribution in [0.5, 0.6) is 5.75 Å². The number of nitrogens with zero attached hydrogens (tertiary/aromatic N) is 2. The third-order valence-electron chi connectivity index (χ3n) is 2.81. The van der Waals surface area contributed by atoms with Crippen LogP contribution >= 0.6 is 0 Å². The molecule has 1 aromatic heterocycles. The fraction of sp³-hybridized carbons (Fsp3) is 0.231. The van der Waals surface area contributed by atoms with Gasteiger partial charge in [-0.3, -0.25) is 4.68 Å². The van der Waals surface area contributed by atoms with Crippen LogP contribution < -0.4 is 4.74 Å². The van der Waals surface area contributed by atoms with Crippen molar-refractivity contribution in [3.63, 3.8) is 0 Å². The highest BCUT2D eigenvalue weighted by molar-refractivity contribution is 5.88. The zero-order chi connectivity index (χ0) is 13.1. The predicted octanol–water partition coefficient (Wildman–Crippen LogP) is 1.95. The lowest BCUT2D eigenvalue weighted by Gasteiger charge is -2.08. The molecule has 1 heterocycles. The molecule has 0 aliphatic carbocycles. The number of aromatic nitrogens is 2. The van der Waals surface area contributed by atoms with Crippen molar-refractivity contribution >= 4 is 5.97 Å². The molecule has 0 unspecified atom stereocenters. The van der Waals surface area contributed by atoms with Crippen molar-refractivity contribution in [2.75, 3.05) is 7.11 Å². The summed E-state index contributed by atoms with van der Waals surface area (Å²) in [6.07, 6.45) is 1.42. The van der Waals surface area contributed by atoms with Gasteiger partial charge in [-0.15, -0.1) is 0 Å². The Labute approximate surface area is 105 Å². The highest BCUT2D eigenvalue weighted by atomic mass is 16.5. The molecule has 5 heteroatoms. The Kier molecular flexibility index (Phi) is 3.32. The molecule has 0 amide bonds. The number of hydrogen-bond acceptors (Lipinski definition) is 3. The summed E-state index contributed by atoms with van der Waals surface area (Å²) in [6.45, 7) is 2.40. The van der Waals surface area contributed by atoms with Crippen LogP contribution in [-0.2, 0) is 6.54 Å². The van der Waals surface area contributed by atoms with E-state index in [1.807, 2.05) is 31.2 Å². The van der Waals surface area contributed by atoms with E-state index >= 15 is 0 Å². The van der Waals surface area contributed by atoms with Crippen molar-refractivity contribution in [2.45, 2.75) is 13.5 Å². The van der Waals surface area contributed by atoms with Gasteiger partial charge in [-0.05, 0) is 18.1 Å². The Morgan fingerprint density at radius 2 is 2.17 bits per heavy atom. The summed E-state index contributed by atoms with van der Waals surface area (Å²) in [6, 6.07) is 7.80. The lowest BCUT2D eigenvalue weighted by atomic mass is 10.1. The minimum atomic E-state index is -1.04. The van der Waals surface area contributed by atoms with E-state index in [-0.39, 0.29) is 11.4 Å². The Morgan fingerprint density at radius 1 is 1.44 bits per heavy atom. The lowest BCUT2D eigenvalue weighted by Crippen LogP contribution is -2.12. The van der Waals surface area contributed by atoms with Gasteiger partial charge in [-0.1, -0.05) is 24.3 Å². The number of rotatable bonds is 4. The maximum absolute atomic E-state index is 11.2. The highest BCUT2D eigenvalue weighted by Gasteiger charge is 2.18. The minimum Gasteiger partial charge on any atom is -0.493 e. The summed E-state index contributed by atoms with van der Waals surface area (Å²) in [5.41, 5.74) is 2.20. The topological polar surface area (TPSA) is 64.4 Å². The zero-order valence-corrected chi connectivity index (χ0v) is 10.3. The first-order valence-electron chi connectivity index (χ1n) is 5.51. The second-order valence-electron chi connectivity index (χ2n) is 3.95. The normalized spacial score (nSPS) is 10.3. The quantitative estimate of drug-likeness (QED) is 0.895. The average molecular weight is 246 g/mol. The van der Waals surface area contributed by atoms with Crippen LogP contribution in [0.25, 0.3) is 0 Å². The summed E-state index contributed by atoms with van der Waals surface area (Å²) in [5, 5.41) is 13.2. The second kappa shape index (κ2) is 4.91. The van der Waals surface area contributed by atoms with Crippen LogP contribution in [0.15, 0.2) is 30.5 Å². The summed E-state index contributed by atoms with van der Waals surface area (Å²) >= 11 is 0. The van der Waals surface area contributed by atoms with E-state index in [9.17, 15) is 9.90 Å². The molecule has 0 spiro atoms. The maximum atomic E-state index is 11.2. The molecule has 0 saturated carbocycles. The van der Waals surface area contributed by atoms with Gasteiger partial charge in [0.25, 0.3) is 0 Å². The minimum absolute atomic E-state index is 0.0701. The molecular formula is C13H14N2O3. The molecule has 18 heavy (non-hydrogen) atoms. The molecule has 0 aliphatic rings. The standard InChI is InChI=1S/C13H14N2O3/c1-9-5-3-4-6-10(9)8-15-12(13(16)17)11(18-2)7-14-15/h3-7H,8H2,1-2H3,(H,16,17). The monoisotopic (exact) mass is 246 g/mol. The number of carboxylic acids is 1. The second-order valence-corrected chi connectivity index (χ2v) is 3.95. The van der Waals surface area contributed by atoms with Gasteiger partial charge >= 0.3 is 5.97 Å². The molecule has 0 bridgehead atoms. The van der Waals surface area contributed by atoms with Crippen molar-refractivity contribution in [2.24, 2.45) is 0 Å². The van der Waals surface area contributed by atoms with Gasteiger partial charge in [0.05, 0.1) is 19.9 Å². The van der Waals surface area contributed by atoms with Crippen molar-refractivity contribution < 1.29 is 14.6 Å². The number of aromatic carboxylic acids is 1. The van der Waals surface area contributed by atoms with E-state index in [0.29, 0.717) is 6.54 Å². The fourth-order valence-corrected chi connectivity index (χ4v) is 1.80. The van der Waals surface area contributed by atoms with Crippen molar-refractivity contribution in [1.29, 1.82) is 0 Å². The molecule has 5 nitrogen and oxygen atoms in total. The number of carbonyl (C=O) groups is 1. The molecule has 2 aromatic rings. The van der Waals surface area contributed by atoms with E-state index in [4.69, 9.17) is 4.74 Å². The molecule has 94 valence electrons. The van der Waals surface area contributed by atoms with Gasteiger partial charge in [-0.2, -0.15) is 5.10 Å². The zero-order valence-electron chi connectivity index (χ0n) is 10.3. The molecular weight excluding hydrogens is 232 g/mol. The Balaban J connectivity index is 2.38. The molecule has 2 rings (SSSR count). The van der Waals surface area contributed by atoms with Crippen LogP contribution in [0.4, 0.5) is 0 Å². The molecule has 0 aliphatic heterocycles. The van der Waals surface area contributed by atoms with Crippen LogP contribution in [0.1, 0.15) is 21.6 Å². The van der Waals surface area contributed by atoms with E-state index in [1.54, 1.807) is 0 Å². The number of aryl methyl sites for hydroxylation is 1. The first kappa shape index (κ1) is 12.2. The third kappa shape index (κ3) is 2.20. The summed E-state index contributed by atoms with van der Waals surface area (Å²) in [4.78, 5) is 11.2. The summed E-state index contributed by atoms with van der Waals surface area (Å²) in [7, 11) is 1.43. The highest BCUT2D eigenvalue weighted by Crippen LogP contribution is 2.19. The predicted molar refractivity (Wildman–Crippen MR) is 66.0 cm³/mol. The number of benzene rings is 1. The average Bonchev–Trinajstić information content (AvgIpc) is 2.75. The smallest absolute Gasteiger partial charge is 0.358 e. The maximum Gasteiger partial charge on any atom is 0.358 e. The van der Waals surface area contributed by atoms with Gasteiger partial charge in [0.15, 0.2) is 11.4 Å². The number of carboxylic acid groups (broad SMARTS) is 1. The van der Waals surface area contributed by atoms with Gasteiger partial charge in [-0.25, -0.2) is 4.79 Å². The molecule has 0 atom stereocenters. The Bertz CT molecular complexity index is 575. The molecule has 0 saturated heterocycles. The van der Waals surface area contributed by atoms with Gasteiger partial charge < -0.3 is 9.84 Å². The SMILES string of the molecule is COc1cnn(Cc2ccccc2C)c1C(=O)O. The van der Waals surface area contributed by atoms with Crippen molar-refractivity contribution in [1.82, 2.24) is 9.78 Å². The van der Waals surface area contributed by atoms with Crippen molar-refractivity contribution in [3.05, 3.63) is 47.3 Å². The number of hydrogen-bond donors (Lipinski definition) is 1. The lowest BCUT2D eigenvalue weighted by molar-refractivity contribution is 0.0680. The van der Waals surface area contributed by atoms with Crippen LogP contribution in [0.2, 0.25) is 0 Å². The largest absolute Gasteiger partial charge is 0.493 e. The van der Waals surface area contributed by atoms with Gasteiger partial charge in [0.1, 0.15) is 0 Å². The number of methoxy groups -OCH3 is 1. The van der Waals surface area contributed by atoms with E-state index in [1.165, 1.54) is 18.0 Å². The third-order valence-corrected chi connectivity index (χ3v) is 2.81. The first-order valence-corrected chi connectivity index (χ1v) is 5.51. The van der Waals surface area contributed by atoms with Gasteiger partial charge in [0.2, 0.25) is 0 Å². The molecule has 0 fully saturated rings. The van der Waals surface area contributed by atoms with E-state index < -0.39 is 5.97 Å².